The van der Waals surface area contributed by atoms with E-state index in [1.165, 1.54) is 72.4 Å². The molecule has 0 heterocycles. The Kier molecular flexibility index (Phi) is 7.52. The second-order valence-corrected chi connectivity index (χ2v) is 16.8. The predicted molar refractivity (Wildman–Crippen MR) is 250 cm³/mol. The molecule has 0 fully saturated rings. The van der Waals surface area contributed by atoms with Crippen molar-refractivity contribution in [3.05, 3.63) is 252 Å². The molecule has 3 aliphatic rings. The third kappa shape index (κ3) is 4.76. The van der Waals surface area contributed by atoms with Crippen molar-refractivity contribution in [3.63, 3.8) is 0 Å². The normalized spacial score (nSPS) is 15.7. The summed E-state index contributed by atoms with van der Waals surface area (Å²) in [4.78, 5) is 4.89. The van der Waals surface area contributed by atoms with Crippen molar-refractivity contribution >= 4 is 34.1 Å². The fourth-order valence-electron chi connectivity index (χ4n) is 10.9. The van der Waals surface area contributed by atoms with Crippen LogP contribution in [-0.2, 0) is 10.8 Å². The van der Waals surface area contributed by atoms with Crippen LogP contribution in [-0.4, -0.2) is 0 Å². The van der Waals surface area contributed by atoms with E-state index in [-0.39, 0.29) is 5.41 Å². The molecule has 1 atom stereocenters. The fourth-order valence-corrected chi connectivity index (χ4v) is 10.9. The lowest BCUT2D eigenvalue weighted by molar-refractivity contribution is 0.660. The van der Waals surface area contributed by atoms with Gasteiger partial charge >= 0.3 is 0 Å². The molecule has 0 N–H and O–H groups in total. The van der Waals surface area contributed by atoms with Crippen molar-refractivity contribution < 1.29 is 0 Å². The molecule has 0 saturated carbocycles. The summed E-state index contributed by atoms with van der Waals surface area (Å²) in [5.74, 6) is 0. The summed E-state index contributed by atoms with van der Waals surface area (Å²) in [6, 6.07) is 80.9. The van der Waals surface area contributed by atoms with Crippen molar-refractivity contribution in [2.75, 3.05) is 9.80 Å². The minimum absolute atomic E-state index is 0.115. The Balaban J connectivity index is 1.13. The minimum Gasteiger partial charge on any atom is -0.310 e. The lowest BCUT2D eigenvalue weighted by Gasteiger charge is -2.33. The number of anilines is 6. The van der Waals surface area contributed by atoms with Gasteiger partial charge in [-0.25, -0.2) is 0 Å². The maximum Gasteiger partial charge on any atom is 0.0727 e. The summed E-state index contributed by atoms with van der Waals surface area (Å²) < 4.78 is 0. The van der Waals surface area contributed by atoms with Crippen LogP contribution >= 0.6 is 0 Å². The highest BCUT2D eigenvalue weighted by Gasteiger charge is 2.52. The molecule has 3 aliphatic carbocycles. The Hall–Kier alpha value is -7.42. The SMILES string of the molecule is CC1(C)c2ccccc2-c2c(N(c3ccccc3)c3ccc4c(c3)C3(c5ccccc5-c5ccc(N(c6ccccc6)c6ccccc6)cc53)c3ccccc3-4)cccc21. The fraction of sp³-hybridized carbons (Fsp3) is 0.0690. The summed E-state index contributed by atoms with van der Waals surface area (Å²) in [6.07, 6.45) is 0. The van der Waals surface area contributed by atoms with Gasteiger partial charge in [-0.05, 0) is 128 Å². The molecule has 0 amide bonds. The van der Waals surface area contributed by atoms with Gasteiger partial charge in [-0.3, -0.25) is 0 Å². The topological polar surface area (TPSA) is 6.48 Å². The van der Waals surface area contributed by atoms with E-state index in [1.54, 1.807) is 0 Å². The molecule has 284 valence electrons. The Morgan fingerprint density at radius 1 is 0.283 bits per heavy atom. The second-order valence-electron chi connectivity index (χ2n) is 16.8. The van der Waals surface area contributed by atoms with Crippen molar-refractivity contribution in [1.82, 2.24) is 0 Å². The minimum atomic E-state index is -0.543. The molecular formula is C58H42N2. The molecular weight excluding hydrogens is 725 g/mol. The smallest absolute Gasteiger partial charge is 0.0727 e. The second kappa shape index (κ2) is 13.0. The van der Waals surface area contributed by atoms with Gasteiger partial charge in [0.1, 0.15) is 0 Å². The van der Waals surface area contributed by atoms with Crippen LogP contribution in [0.2, 0.25) is 0 Å². The highest BCUT2D eigenvalue weighted by atomic mass is 15.1. The zero-order valence-corrected chi connectivity index (χ0v) is 33.7. The Labute approximate surface area is 352 Å². The van der Waals surface area contributed by atoms with Crippen LogP contribution in [0.5, 0.6) is 0 Å². The van der Waals surface area contributed by atoms with Gasteiger partial charge in [0.2, 0.25) is 0 Å². The van der Waals surface area contributed by atoms with Gasteiger partial charge < -0.3 is 9.80 Å². The van der Waals surface area contributed by atoms with E-state index >= 15 is 0 Å². The molecule has 2 nitrogen and oxygen atoms in total. The molecule has 0 bridgehead atoms. The Morgan fingerprint density at radius 2 is 0.683 bits per heavy atom. The first kappa shape index (κ1) is 34.6. The van der Waals surface area contributed by atoms with Crippen molar-refractivity contribution in [2.24, 2.45) is 0 Å². The van der Waals surface area contributed by atoms with E-state index < -0.39 is 5.41 Å². The van der Waals surface area contributed by atoms with Gasteiger partial charge in [0.15, 0.2) is 0 Å². The summed E-state index contributed by atoms with van der Waals surface area (Å²) >= 11 is 0. The van der Waals surface area contributed by atoms with Crippen molar-refractivity contribution in [3.8, 4) is 33.4 Å². The summed E-state index contributed by atoms with van der Waals surface area (Å²) in [7, 11) is 0. The van der Waals surface area contributed by atoms with Gasteiger partial charge in [0.25, 0.3) is 0 Å². The molecule has 0 radical (unpaired) electrons. The van der Waals surface area contributed by atoms with E-state index in [2.05, 4.69) is 242 Å². The first-order chi connectivity index (χ1) is 29.5. The Morgan fingerprint density at radius 3 is 1.22 bits per heavy atom. The van der Waals surface area contributed by atoms with Gasteiger partial charge in [0, 0.05) is 39.4 Å². The van der Waals surface area contributed by atoms with Crippen LogP contribution in [0.25, 0.3) is 33.4 Å². The molecule has 0 aromatic heterocycles. The van der Waals surface area contributed by atoms with Crippen LogP contribution < -0.4 is 9.80 Å². The van der Waals surface area contributed by atoms with E-state index in [0.29, 0.717) is 0 Å². The molecule has 2 heteroatoms. The van der Waals surface area contributed by atoms with E-state index in [9.17, 15) is 0 Å². The third-order valence-corrected chi connectivity index (χ3v) is 13.4. The number of hydrogen-bond acceptors (Lipinski definition) is 2. The molecule has 9 aromatic rings. The maximum atomic E-state index is 2.51. The van der Waals surface area contributed by atoms with Gasteiger partial charge in [0.05, 0.1) is 11.1 Å². The average Bonchev–Trinajstić information content (AvgIpc) is 3.86. The zero-order valence-electron chi connectivity index (χ0n) is 33.7. The largest absolute Gasteiger partial charge is 0.310 e. The number of benzene rings is 9. The maximum absolute atomic E-state index is 2.51. The van der Waals surface area contributed by atoms with Gasteiger partial charge in [-0.2, -0.15) is 0 Å². The molecule has 60 heavy (non-hydrogen) atoms. The van der Waals surface area contributed by atoms with Crippen LogP contribution in [0.3, 0.4) is 0 Å². The van der Waals surface area contributed by atoms with Gasteiger partial charge in [-0.1, -0.05) is 166 Å². The highest BCUT2D eigenvalue weighted by Crippen LogP contribution is 2.64. The molecule has 12 rings (SSSR count). The van der Waals surface area contributed by atoms with Crippen molar-refractivity contribution in [1.29, 1.82) is 0 Å². The molecule has 1 spiro atoms. The predicted octanol–water partition coefficient (Wildman–Crippen LogP) is 15.3. The van der Waals surface area contributed by atoms with E-state index in [0.717, 1.165) is 28.4 Å². The lowest BCUT2D eigenvalue weighted by Crippen LogP contribution is -2.26. The summed E-state index contributed by atoms with van der Waals surface area (Å²) in [5, 5.41) is 0. The number of rotatable bonds is 6. The first-order valence-electron chi connectivity index (χ1n) is 21.0. The number of para-hydroxylation sites is 3. The average molecular weight is 767 g/mol. The number of fused-ring (bicyclic) bond motifs is 13. The first-order valence-corrected chi connectivity index (χ1v) is 21.0. The quantitative estimate of drug-likeness (QED) is 0.166. The van der Waals surface area contributed by atoms with Crippen LogP contribution in [0.4, 0.5) is 34.1 Å². The molecule has 9 aromatic carbocycles. The molecule has 1 unspecified atom stereocenters. The van der Waals surface area contributed by atoms with Crippen LogP contribution in [0.15, 0.2) is 218 Å². The summed E-state index contributed by atoms with van der Waals surface area (Å²) in [5.41, 5.74) is 22.0. The van der Waals surface area contributed by atoms with E-state index in [1.807, 2.05) is 0 Å². The van der Waals surface area contributed by atoms with Gasteiger partial charge in [-0.15, -0.1) is 0 Å². The van der Waals surface area contributed by atoms with Crippen LogP contribution in [0, 0.1) is 0 Å². The highest BCUT2D eigenvalue weighted by molar-refractivity contribution is 5.99. The van der Waals surface area contributed by atoms with Crippen molar-refractivity contribution in [2.45, 2.75) is 24.7 Å². The monoisotopic (exact) mass is 766 g/mol. The number of nitrogens with zero attached hydrogens (tertiary/aromatic N) is 2. The standard InChI is InChI=1S/C58H42N2/c1-57(2)49-28-15-14-27-48(49)56-52(57)31-18-32-55(56)60(41-23-10-5-11-24-41)43-34-36-47-45-26-13-17-30-51(45)58(54(47)38-43)50-29-16-12-25-44(50)46-35-33-42(37-53(46)58)59(39-19-6-3-7-20-39)40-21-8-4-9-22-40/h3-38H,1-2H3. The lowest BCUT2D eigenvalue weighted by atomic mass is 9.70. The molecule has 0 aliphatic heterocycles. The third-order valence-electron chi connectivity index (χ3n) is 13.4. The summed E-state index contributed by atoms with van der Waals surface area (Å²) in [6.45, 7) is 4.73. The number of hydrogen-bond donors (Lipinski definition) is 0. The Bertz CT molecular complexity index is 3080. The molecule has 0 saturated heterocycles. The zero-order chi connectivity index (χ0) is 40.0. The van der Waals surface area contributed by atoms with E-state index in [4.69, 9.17) is 0 Å². The van der Waals surface area contributed by atoms with Crippen LogP contribution in [0.1, 0.15) is 47.2 Å².